The Hall–Kier alpha value is -1.77. The van der Waals surface area contributed by atoms with Crippen molar-refractivity contribution in [2.45, 2.75) is 13.3 Å². The third-order valence-corrected chi connectivity index (χ3v) is 2.47. The van der Waals surface area contributed by atoms with Gasteiger partial charge in [0, 0.05) is 23.2 Å². The number of aromatic amines is 1. The number of aryl methyl sites for hydroxylation is 1. The highest BCUT2D eigenvalue weighted by atomic mass is 16.5. The number of ether oxygens (including phenoxy) is 1. The summed E-state index contributed by atoms with van der Waals surface area (Å²) in [5.41, 5.74) is 1.84. The van der Waals surface area contributed by atoms with Gasteiger partial charge in [0.05, 0.1) is 12.6 Å². The number of rotatable bonds is 2. The lowest BCUT2D eigenvalue weighted by Gasteiger charge is -2.04. The quantitative estimate of drug-likeness (QED) is 0.812. The largest absolute Gasteiger partial charge is 0.497 e. The highest BCUT2D eigenvalue weighted by Gasteiger charge is 2.02. The zero-order valence-electron chi connectivity index (χ0n) is 8.83. The lowest BCUT2D eigenvalue weighted by molar-refractivity contribution is 0.415. The molecule has 0 aliphatic heterocycles. The lowest BCUT2D eigenvalue weighted by Crippen LogP contribution is -2.04. The highest BCUT2D eigenvalue weighted by molar-refractivity contribution is 5.80. The van der Waals surface area contributed by atoms with E-state index in [1.54, 1.807) is 25.3 Å². The number of methoxy groups -OCH3 is 1. The van der Waals surface area contributed by atoms with Gasteiger partial charge in [-0.2, -0.15) is 0 Å². The smallest absolute Gasteiger partial charge is 0.189 e. The maximum absolute atomic E-state index is 11.7. The highest BCUT2D eigenvalue weighted by Crippen LogP contribution is 2.16. The number of fused-ring (bicyclic) bond motifs is 1. The van der Waals surface area contributed by atoms with Crippen LogP contribution in [0.5, 0.6) is 5.75 Å². The minimum atomic E-state index is 0.0586. The second-order valence-corrected chi connectivity index (χ2v) is 3.42. The first-order valence-corrected chi connectivity index (χ1v) is 4.94. The van der Waals surface area contributed by atoms with Crippen molar-refractivity contribution >= 4 is 10.9 Å². The maximum Gasteiger partial charge on any atom is 0.189 e. The van der Waals surface area contributed by atoms with Crippen molar-refractivity contribution in [2.75, 3.05) is 7.11 Å². The Morgan fingerprint density at radius 3 is 2.80 bits per heavy atom. The maximum atomic E-state index is 11.7. The van der Waals surface area contributed by atoms with Crippen molar-refractivity contribution in [3.8, 4) is 5.75 Å². The number of hydrogen-bond donors (Lipinski definition) is 1. The van der Waals surface area contributed by atoms with E-state index in [4.69, 9.17) is 4.74 Å². The van der Waals surface area contributed by atoms with Gasteiger partial charge in [-0.15, -0.1) is 0 Å². The Morgan fingerprint density at radius 2 is 2.13 bits per heavy atom. The van der Waals surface area contributed by atoms with E-state index >= 15 is 0 Å². The normalized spacial score (nSPS) is 10.5. The molecule has 78 valence electrons. The lowest BCUT2D eigenvalue weighted by atomic mass is 10.1. The molecule has 0 bridgehead atoms. The zero-order chi connectivity index (χ0) is 10.8. The predicted molar refractivity (Wildman–Crippen MR) is 60.5 cm³/mol. The van der Waals surface area contributed by atoms with Gasteiger partial charge in [0.15, 0.2) is 5.43 Å². The van der Waals surface area contributed by atoms with Crippen LogP contribution in [0.25, 0.3) is 10.9 Å². The van der Waals surface area contributed by atoms with E-state index in [2.05, 4.69) is 4.98 Å². The predicted octanol–water partition coefficient (Wildman–Crippen LogP) is 2.10. The summed E-state index contributed by atoms with van der Waals surface area (Å²) in [6, 6.07) is 7.07. The Kier molecular flexibility index (Phi) is 2.46. The van der Waals surface area contributed by atoms with E-state index in [1.807, 2.05) is 13.0 Å². The summed E-state index contributed by atoms with van der Waals surface area (Å²) in [5.74, 6) is 0.756. The second-order valence-electron chi connectivity index (χ2n) is 3.42. The first-order valence-electron chi connectivity index (χ1n) is 4.94. The fourth-order valence-electron chi connectivity index (χ4n) is 1.60. The zero-order valence-corrected chi connectivity index (χ0v) is 8.83. The van der Waals surface area contributed by atoms with Gasteiger partial charge in [-0.05, 0) is 18.6 Å². The first-order chi connectivity index (χ1) is 7.24. The summed E-state index contributed by atoms with van der Waals surface area (Å²) < 4.78 is 5.11. The Balaban J connectivity index is 2.75. The van der Waals surface area contributed by atoms with Gasteiger partial charge in [0.2, 0.25) is 0 Å². The van der Waals surface area contributed by atoms with Crippen molar-refractivity contribution < 1.29 is 4.74 Å². The molecule has 1 N–H and O–H groups in total. The number of nitrogens with one attached hydrogen (secondary N) is 1. The molecule has 1 aromatic heterocycles. The van der Waals surface area contributed by atoms with Crippen molar-refractivity contribution in [3.63, 3.8) is 0 Å². The van der Waals surface area contributed by atoms with Gasteiger partial charge in [0.1, 0.15) is 5.75 Å². The van der Waals surface area contributed by atoms with Crippen LogP contribution in [-0.2, 0) is 6.42 Å². The van der Waals surface area contributed by atoms with E-state index in [0.717, 1.165) is 23.4 Å². The molecular weight excluding hydrogens is 190 g/mol. The Bertz CT molecular complexity index is 538. The molecule has 1 aromatic carbocycles. The molecule has 3 nitrogen and oxygen atoms in total. The molecular formula is C12H13NO2. The minimum absolute atomic E-state index is 0.0586. The summed E-state index contributed by atoms with van der Waals surface area (Å²) in [7, 11) is 1.61. The SMILES string of the molecule is CCc1cc(=O)c2ccc(OC)cc2[nH]1. The summed E-state index contributed by atoms with van der Waals surface area (Å²) in [6.07, 6.45) is 0.822. The van der Waals surface area contributed by atoms with Gasteiger partial charge in [-0.1, -0.05) is 6.92 Å². The molecule has 0 amide bonds. The van der Waals surface area contributed by atoms with Crippen LogP contribution < -0.4 is 10.2 Å². The third-order valence-electron chi connectivity index (χ3n) is 2.47. The van der Waals surface area contributed by atoms with Crippen molar-refractivity contribution in [2.24, 2.45) is 0 Å². The number of aromatic nitrogens is 1. The van der Waals surface area contributed by atoms with Crippen LogP contribution in [-0.4, -0.2) is 12.1 Å². The number of benzene rings is 1. The van der Waals surface area contributed by atoms with Crippen molar-refractivity contribution in [1.29, 1.82) is 0 Å². The third kappa shape index (κ3) is 1.73. The molecule has 0 aliphatic rings. The number of H-pyrrole nitrogens is 1. The van der Waals surface area contributed by atoms with Crippen molar-refractivity contribution in [3.05, 3.63) is 40.2 Å². The molecule has 3 heteroatoms. The van der Waals surface area contributed by atoms with E-state index in [0.29, 0.717) is 5.39 Å². The van der Waals surface area contributed by atoms with Crippen LogP contribution in [0.4, 0.5) is 0 Å². The summed E-state index contributed by atoms with van der Waals surface area (Å²) in [4.78, 5) is 14.9. The molecule has 1 heterocycles. The standard InChI is InChI=1S/C12H13NO2/c1-3-8-6-12(14)10-5-4-9(15-2)7-11(10)13-8/h4-7H,3H2,1-2H3,(H,13,14). The Labute approximate surface area is 87.7 Å². The summed E-state index contributed by atoms with van der Waals surface area (Å²) in [6.45, 7) is 2.01. The summed E-state index contributed by atoms with van der Waals surface area (Å²) >= 11 is 0. The first kappa shape index (κ1) is 9.77. The van der Waals surface area contributed by atoms with Crippen molar-refractivity contribution in [1.82, 2.24) is 4.98 Å². The molecule has 15 heavy (non-hydrogen) atoms. The number of hydrogen-bond acceptors (Lipinski definition) is 2. The second kappa shape index (κ2) is 3.77. The van der Waals surface area contributed by atoms with Gasteiger partial charge < -0.3 is 9.72 Å². The molecule has 0 saturated heterocycles. The number of pyridine rings is 1. The molecule has 0 unspecified atom stereocenters. The topological polar surface area (TPSA) is 42.1 Å². The van der Waals surface area contributed by atoms with Crippen LogP contribution >= 0.6 is 0 Å². The van der Waals surface area contributed by atoms with E-state index < -0.39 is 0 Å². The molecule has 2 rings (SSSR count). The monoisotopic (exact) mass is 203 g/mol. The van der Waals surface area contributed by atoms with Crippen LogP contribution in [0.3, 0.4) is 0 Å². The molecule has 0 radical (unpaired) electrons. The molecule has 0 aliphatic carbocycles. The fraction of sp³-hybridized carbons (Fsp3) is 0.250. The molecule has 0 fully saturated rings. The van der Waals surface area contributed by atoms with Gasteiger partial charge in [-0.3, -0.25) is 4.79 Å². The summed E-state index contributed by atoms with van der Waals surface area (Å²) in [5, 5.41) is 0.702. The van der Waals surface area contributed by atoms with Gasteiger partial charge in [0.25, 0.3) is 0 Å². The van der Waals surface area contributed by atoms with E-state index in [-0.39, 0.29) is 5.43 Å². The molecule has 0 spiro atoms. The average Bonchev–Trinajstić information content (AvgIpc) is 2.28. The van der Waals surface area contributed by atoms with Crippen LogP contribution in [0.2, 0.25) is 0 Å². The molecule has 0 saturated carbocycles. The average molecular weight is 203 g/mol. The Morgan fingerprint density at radius 1 is 1.33 bits per heavy atom. The fourth-order valence-corrected chi connectivity index (χ4v) is 1.60. The van der Waals surface area contributed by atoms with Crippen LogP contribution in [0.15, 0.2) is 29.1 Å². The van der Waals surface area contributed by atoms with Gasteiger partial charge >= 0.3 is 0 Å². The van der Waals surface area contributed by atoms with Crippen LogP contribution in [0, 0.1) is 0 Å². The van der Waals surface area contributed by atoms with E-state index in [9.17, 15) is 4.79 Å². The van der Waals surface area contributed by atoms with Crippen LogP contribution in [0.1, 0.15) is 12.6 Å². The molecule has 2 aromatic rings. The molecule has 0 atom stereocenters. The van der Waals surface area contributed by atoms with E-state index in [1.165, 1.54) is 0 Å². The minimum Gasteiger partial charge on any atom is -0.497 e. The van der Waals surface area contributed by atoms with Gasteiger partial charge in [-0.25, -0.2) is 0 Å².